The summed E-state index contributed by atoms with van der Waals surface area (Å²) in [4.78, 5) is 8.14. The predicted octanol–water partition coefficient (Wildman–Crippen LogP) is 3.36. The van der Waals surface area contributed by atoms with Crippen LogP contribution < -0.4 is 11.5 Å². The first-order valence-electron chi connectivity index (χ1n) is 7.79. The average molecular weight is 448 g/mol. The first-order chi connectivity index (χ1) is 13.7. The number of rotatable bonds is 5. The summed E-state index contributed by atoms with van der Waals surface area (Å²) in [5.41, 5.74) is 11.5. The van der Waals surface area contributed by atoms with Crippen molar-refractivity contribution >= 4 is 68.3 Å². The van der Waals surface area contributed by atoms with Crippen molar-refractivity contribution in [3.05, 3.63) is 30.3 Å². The number of anilines is 2. The maximum atomic E-state index is 11.8. The number of azo groups is 1. The second kappa shape index (κ2) is 8.21. The molecule has 0 radical (unpaired) electrons. The molecule has 148 valence electrons. The molecule has 1 heterocycles. The summed E-state index contributed by atoms with van der Waals surface area (Å²) in [6.07, 6.45) is 0. The second-order valence-electron chi connectivity index (χ2n) is 5.53. The van der Waals surface area contributed by atoms with Gasteiger partial charge in [0.2, 0.25) is 0 Å². The number of thioether (sulfide) groups is 1. The molecular weight excluding hydrogens is 434 g/mol. The van der Waals surface area contributed by atoms with Gasteiger partial charge in [0.1, 0.15) is 10.6 Å². The van der Waals surface area contributed by atoms with Gasteiger partial charge in [-0.05, 0) is 17.5 Å². The summed E-state index contributed by atoms with van der Waals surface area (Å²) in [6.45, 7) is 0. The highest BCUT2D eigenvalue weighted by Gasteiger charge is 2.19. The highest BCUT2D eigenvalue weighted by molar-refractivity contribution is 7.99. The molecule has 0 fully saturated rings. The van der Waals surface area contributed by atoms with Crippen LogP contribution in [0.15, 0.2) is 55.5 Å². The summed E-state index contributed by atoms with van der Waals surface area (Å²) >= 11 is 5.39. The largest absolute Gasteiger partial charge is 0.382 e. The zero-order chi connectivity index (χ0) is 21.2. The maximum Gasteiger partial charge on any atom is 0.296 e. The van der Waals surface area contributed by atoms with E-state index in [0.29, 0.717) is 15.7 Å². The van der Waals surface area contributed by atoms with Crippen molar-refractivity contribution in [3.63, 3.8) is 0 Å². The third kappa shape index (κ3) is 4.40. The molecule has 0 atom stereocenters. The molecule has 3 aromatic rings. The molecule has 0 amide bonds. The topological polar surface area (TPSA) is 181 Å². The molecule has 0 aliphatic rings. The van der Waals surface area contributed by atoms with Crippen molar-refractivity contribution in [3.8, 4) is 6.07 Å². The van der Waals surface area contributed by atoms with Crippen LogP contribution in [-0.2, 0) is 10.1 Å². The fraction of sp³-hybridized carbons (Fsp3) is 0.0625. The van der Waals surface area contributed by atoms with Gasteiger partial charge in [-0.25, -0.2) is 9.97 Å². The molecule has 3 rings (SSSR count). The smallest absolute Gasteiger partial charge is 0.296 e. The first-order valence-corrected chi connectivity index (χ1v) is 10.7. The Morgan fingerprint density at radius 3 is 2.38 bits per heavy atom. The van der Waals surface area contributed by atoms with Gasteiger partial charge < -0.3 is 11.5 Å². The van der Waals surface area contributed by atoms with Gasteiger partial charge in [-0.3, -0.25) is 4.55 Å². The highest BCUT2D eigenvalue weighted by Crippen LogP contribution is 2.38. The molecule has 2 aromatic carbocycles. The van der Waals surface area contributed by atoms with Gasteiger partial charge >= 0.3 is 0 Å². The standard InChI is InChI=1S/C16H13N7O3S3/c17-6-7-28-16-20-14(18)13(15(19)21-16)23-22-12-9-2-1-3-10(27)8(9)4-5-11(12)29(24,25)26/h1-5,27H,7H2,(H,24,25,26)(H4,18,19,20,21). The van der Waals surface area contributed by atoms with Gasteiger partial charge in [-0.2, -0.15) is 13.7 Å². The Bertz CT molecular complexity index is 1260. The molecular formula is C16H13N7O3S3. The van der Waals surface area contributed by atoms with E-state index in [9.17, 15) is 13.0 Å². The van der Waals surface area contributed by atoms with E-state index in [0.717, 1.165) is 11.8 Å². The minimum absolute atomic E-state index is 0.0633. The summed E-state index contributed by atoms with van der Waals surface area (Å²) in [7, 11) is -4.59. The summed E-state index contributed by atoms with van der Waals surface area (Å²) in [6, 6.07) is 9.64. The molecule has 10 nitrogen and oxygen atoms in total. The van der Waals surface area contributed by atoms with Crippen molar-refractivity contribution in [2.45, 2.75) is 14.9 Å². The van der Waals surface area contributed by atoms with Crippen LogP contribution >= 0.6 is 24.4 Å². The Labute approximate surface area is 175 Å². The fourth-order valence-corrected chi connectivity index (χ4v) is 3.88. The van der Waals surface area contributed by atoms with Crippen LogP contribution in [0.3, 0.4) is 0 Å². The van der Waals surface area contributed by atoms with Gasteiger partial charge in [0.25, 0.3) is 10.1 Å². The van der Waals surface area contributed by atoms with E-state index in [-0.39, 0.29) is 33.9 Å². The predicted molar refractivity (Wildman–Crippen MR) is 112 cm³/mol. The molecule has 0 unspecified atom stereocenters. The summed E-state index contributed by atoms with van der Waals surface area (Å²) < 4.78 is 33.2. The van der Waals surface area contributed by atoms with Crippen molar-refractivity contribution in [1.82, 2.24) is 9.97 Å². The van der Waals surface area contributed by atoms with Gasteiger partial charge in [0.15, 0.2) is 22.5 Å². The van der Waals surface area contributed by atoms with Gasteiger partial charge in [0.05, 0.1) is 11.8 Å². The van der Waals surface area contributed by atoms with Crippen LogP contribution in [0, 0.1) is 11.3 Å². The van der Waals surface area contributed by atoms with Crippen molar-refractivity contribution in [1.29, 1.82) is 5.26 Å². The van der Waals surface area contributed by atoms with E-state index in [1.54, 1.807) is 18.2 Å². The molecule has 0 aliphatic carbocycles. The number of thiol groups is 1. The fourth-order valence-electron chi connectivity index (χ4n) is 2.45. The maximum absolute atomic E-state index is 11.8. The Morgan fingerprint density at radius 1 is 1.10 bits per heavy atom. The third-order valence-electron chi connectivity index (χ3n) is 3.68. The summed E-state index contributed by atoms with van der Waals surface area (Å²) in [5, 5.41) is 17.7. The molecule has 29 heavy (non-hydrogen) atoms. The van der Waals surface area contributed by atoms with E-state index >= 15 is 0 Å². The van der Waals surface area contributed by atoms with Gasteiger partial charge in [-0.1, -0.05) is 30.0 Å². The van der Waals surface area contributed by atoms with Gasteiger partial charge in [0, 0.05) is 10.3 Å². The molecule has 0 saturated carbocycles. The Kier molecular flexibility index (Phi) is 5.89. The Morgan fingerprint density at radius 2 is 1.76 bits per heavy atom. The normalized spacial score (nSPS) is 11.8. The number of fused-ring (bicyclic) bond motifs is 1. The quantitative estimate of drug-likeness (QED) is 0.150. The van der Waals surface area contributed by atoms with Crippen molar-refractivity contribution in [2.24, 2.45) is 10.2 Å². The summed E-state index contributed by atoms with van der Waals surface area (Å²) in [5.74, 6) is -0.0741. The molecule has 13 heteroatoms. The minimum Gasteiger partial charge on any atom is -0.382 e. The Balaban J connectivity index is 2.16. The van der Waals surface area contributed by atoms with Crippen LogP contribution in [0.5, 0.6) is 0 Å². The van der Waals surface area contributed by atoms with Crippen molar-refractivity contribution < 1.29 is 13.0 Å². The van der Waals surface area contributed by atoms with E-state index in [1.807, 2.05) is 6.07 Å². The lowest BCUT2D eigenvalue weighted by Gasteiger charge is -2.09. The first kappa shape index (κ1) is 20.8. The number of hydrogen-bond acceptors (Lipinski definition) is 11. The molecule has 0 aliphatic heterocycles. The van der Waals surface area contributed by atoms with Crippen LogP contribution in [0.4, 0.5) is 23.0 Å². The van der Waals surface area contributed by atoms with E-state index < -0.39 is 15.0 Å². The number of benzene rings is 2. The lowest BCUT2D eigenvalue weighted by atomic mass is 10.1. The van der Waals surface area contributed by atoms with E-state index in [4.69, 9.17) is 16.7 Å². The number of nitrogens with two attached hydrogens (primary N) is 2. The number of nitrogen functional groups attached to an aromatic ring is 2. The molecule has 0 bridgehead atoms. The van der Waals surface area contributed by atoms with Crippen LogP contribution in [0.2, 0.25) is 0 Å². The lowest BCUT2D eigenvalue weighted by Crippen LogP contribution is -2.01. The number of hydrogen-bond donors (Lipinski definition) is 4. The van der Waals surface area contributed by atoms with Gasteiger partial charge in [-0.15, -0.1) is 22.9 Å². The number of aromatic nitrogens is 2. The second-order valence-corrected chi connectivity index (χ2v) is 8.35. The average Bonchev–Trinajstić information content (AvgIpc) is 2.65. The van der Waals surface area contributed by atoms with Crippen LogP contribution in [0.25, 0.3) is 10.8 Å². The Hall–Kier alpha value is -2.92. The third-order valence-corrected chi connectivity index (χ3v) is 5.67. The number of nitrogens with zero attached hydrogens (tertiary/aromatic N) is 5. The number of nitriles is 1. The lowest BCUT2D eigenvalue weighted by molar-refractivity contribution is 0.483. The minimum atomic E-state index is -4.59. The zero-order valence-corrected chi connectivity index (χ0v) is 17.0. The molecule has 0 saturated heterocycles. The van der Waals surface area contributed by atoms with Crippen LogP contribution in [-0.4, -0.2) is 28.7 Å². The van der Waals surface area contributed by atoms with E-state index in [1.165, 1.54) is 12.1 Å². The monoisotopic (exact) mass is 447 g/mol. The highest BCUT2D eigenvalue weighted by atomic mass is 32.2. The SMILES string of the molecule is N#CCSc1nc(N)c(N=Nc2c(S(=O)(=O)O)ccc3c(S)cccc23)c(N)n1. The molecule has 1 aromatic heterocycles. The van der Waals surface area contributed by atoms with E-state index in [2.05, 4.69) is 32.8 Å². The zero-order valence-electron chi connectivity index (χ0n) is 14.5. The molecule has 0 spiro atoms. The van der Waals surface area contributed by atoms with Crippen molar-refractivity contribution in [2.75, 3.05) is 17.2 Å². The molecule has 5 N–H and O–H groups in total. The van der Waals surface area contributed by atoms with Crippen LogP contribution in [0.1, 0.15) is 0 Å².